The normalized spacial score (nSPS) is 10.7. The first-order valence-electron chi connectivity index (χ1n) is 6.15. The highest BCUT2D eigenvalue weighted by Gasteiger charge is 2.06. The molecule has 0 saturated heterocycles. The first-order chi connectivity index (χ1) is 9.22. The van der Waals surface area contributed by atoms with Crippen molar-refractivity contribution >= 4 is 15.9 Å². The molecule has 1 aromatic heterocycles. The average molecular weight is 325 g/mol. The molecular formula is C13H17BrN4O. The van der Waals surface area contributed by atoms with Crippen molar-refractivity contribution in [3.63, 3.8) is 0 Å². The van der Waals surface area contributed by atoms with Gasteiger partial charge in [-0.25, -0.2) is 4.68 Å². The largest absolute Gasteiger partial charge is 0.496 e. The molecule has 0 spiro atoms. The molecule has 0 aliphatic carbocycles. The van der Waals surface area contributed by atoms with E-state index in [2.05, 4.69) is 38.5 Å². The molecule has 0 atom stereocenters. The lowest BCUT2D eigenvalue weighted by Gasteiger charge is -2.08. The summed E-state index contributed by atoms with van der Waals surface area (Å²) >= 11 is 3.47. The maximum Gasteiger partial charge on any atom is 0.124 e. The molecule has 0 saturated carbocycles. The van der Waals surface area contributed by atoms with E-state index in [0.717, 1.165) is 34.6 Å². The predicted octanol–water partition coefficient (Wildman–Crippen LogP) is 2.21. The van der Waals surface area contributed by atoms with Gasteiger partial charge in [0, 0.05) is 16.6 Å². The number of hydrogen-bond acceptors (Lipinski definition) is 4. The first-order valence-corrected chi connectivity index (χ1v) is 6.94. The van der Waals surface area contributed by atoms with E-state index in [0.29, 0.717) is 6.54 Å². The highest BCUT2D eigenvalue weighted by atomic mass is 79.9. The van der Waals surface area contributed by atoms with Crippen molar-refractivity contribution in [3.05, 3.63) is 40.1 Å². The molecule has 1 heterocycles. The summed E-state index contributed by atoms with van der Waals surface area (Å²) in [5.41, 5.74) is 2.01. The van der Waals surface area contributed by atoms with Gasteiger partial charge in [0.2, 0.25) is 0 Å². The molecule has 1 N–H and O–H groups in total. The monoisotopic (exact) mass is 324 g/mol. The van der Waals surface area contributed by atoms with Gasteiger partial charge in [-0.1, -0.05) is 28.1 Å². The van der Waals surface area contributed by atoms with E-state index < -0.39 is 0 Å². The van der Waals surface area contributed by atoms with Crippen molar-refractivity contribution in [2.45, 2.75) is 20.0 Å². The molecule has 1 aromatic carbocycles. The number of methoxy groups -OCH3 is 1. The SMILES string of the molecule is CCNCc1cn(Cc2cc(Br)ccc2OC)nn1. The Bertz CT molecular complexity index is 541. The second-order valence-electron chi connectivity index (χ2n) is 4.14. The quantitative estimate of drug-likeness (QED) is 0.885. The van der Waals surface area contributed by atoms with Crippen LogP contribution in [0.15, 0.2) is 28.9 Å². The van der Waals surface area contributed by atoms with E-state index in [1.165, 1.54) is 0 Å². The zero-order chi connectivity index (χ0) is 13.7. The van der Waals surface area contributed by atoms with Crippen LogP contribution in [-0.4, -0.2) is 28.6 Å². The van der Waals surface area contributed by atoms with Crippen LogP contribution in [-0.2, 0) is 13.1 Å². The third kappa shape index (κ3) is 3.78. The summed E-state index contributed by atoms with van der Waals surface area (Å²) in [7, 11) is 1.67. The maximum atomic E-state index is 5.35. The summed E-state index contributed by atoms with van der Waals surface area (Å²) in [6.45, 7) is 4.37. The number of ether oxygens (including phenoxy) is 1. The number of aromatic nitrogens is 3. The minimum atomic E-state index is 0.641. The van der Waals surface area contributed by atoms with Gasteiger partial charge in [0.25, 0.3) is 0 Å². The topological polar surface area (TPSA) is 52.0 Å². The van der Waals surface area contributed by atoms with Crippen LogP contribution in [0.1, 0.15) is 18.2 Å². The molecule has 0 amide bonds. The summed E-state index contributed by atoms with van der Waals surface area (Å²) in [6.07, 6.45) is 1.95. The van der Waals surface area contributed by atoms with Crippen LogP contribution in [0.2, 0.25) is 0 Å². The standard InChI is InChI=1S/C13H17BrN4O/c1-3-15-7-12-9-18(17-16-12)8-10-6-11(14)4-5-13(10)19-2/h4-6,9,15H,3,7-8H2,1-2H3. The molecule has 0 aliphatic heterocycles. The van der Waals surface area contributed by atoms with Crippen LogP contribution in [0, 0.1) is 0 Å². The Morgan fingerprint density at radius 1 is 1.42 bits per heavy atom. The van der Waals surface area contributed by atoms with Gasteiger partial charge in [0.1, 0.15) is 5.75 Å². The summed E-state index contributed by atoms with van der Waals surface area (Å²) in [6, 6.07) is 5.93. The Hall–Kier alpha value is -1.40. The zero-order valence-electron chi connectivity index (χ0n) is 11.1. The van der Waals surface area contributed by atoms with Crippen LogP contribution in [0.3, 0.4) is 0 Å². The minimum absolute atomic E-state index is 0.641. The van der Waals surface area contributed by atoms with Gasteiger partial charge in [0.15, 0.2) is 0 Å². The highest BCUT2D eigenvalue weighted by Crippen LogP contribution is 2.23. The van der Waals surface area contributed by atoms with Crippen LogP contribution in [0.4, 0.5) is 0 Å². The van der Waals surface area contributed by atoms with Gasteiger partial charge in [-0.15, -0.1) is 5.10 Å². The van der Waals surface area contributed by atoms with Crippen LogP contribution in [0.5, 0.6) is 5.75 Å². The van der Waals surface area contributed by atoms with Crippen molar-refractivity contribution < 1.29 is 4.74 Å². The molecular weight excluding hydrogens is 308 g/mol. The Morgan fingerprint density at radius 3 is 3.00 bits per heavy atom. The fraction of sp³-hybridized carbons (Fsp3) is 0.385. The Balaban J connectivity index is 2.12. The third-order valence-electron chi connectivity index (χ3n) is 2.72. The van der Waals surface area contributed by atoms with Crippen molar-refractivity contribution in [1.82, 2.24) is 20.3 Å². The molecule has 102 valence electrons. The molecule has 0 bridgehead atoms. The molecule has 0 aliphatic rings. The molecule has 0 radical (unpaired) electrons. The van der Waals surface area contributed by atoms with Crippen LogP contribution < -0.4 is 10.1 Å². The van der Waals surface area contributed by atoms with Crippen LogP contribution >= 0.6 is 15.9 Å². The predicted molar refractivity (Wildman–Crippen MR) is 77.2 cm³/mol. The summed E-state index contributed by atoms with van der Waals surface area (Å²) in [5, 5.41) is 11.5. The number of nitrogens with zero attached hydrogens (tertiary/aromatic N) is 3. The fourth-order valence-corrected chi connectivity index (χ4v) is 2.20. The molecule has 5 nitrogen and oxygen atoms in total. The average Bonchev–Trinajstić information content (AvgIpc) is 2.84. The van der Waals surface area contributed by atoms with Crippen molar-refractivity contribution in [2.75, 3.05) is 13.7 Å². The Morgan fingerprint density at radius 2 is 2.26 bits per heavy atom. The first kappa shape index (κ1) is 14.0. The van der Waals surface area contributed by atoms with Gasteiger partial charge < -0.3 is 10.1 Å². The number of hydrogen-bond donors (Lipinski definition) is 1. The number of nitrogens with one attached hydrogen (secondary N) is 1. The zero-order valence-corrected chi connectivity index (χ0v) is 12.6. The summed E-state index contributed by atoms with van der Waals surface area (Å²) in [4.78, 5) is 0. The van der Waals surface area contributed by atoms with Crippen molar-refractivity contribution in [2.24, 2.45) is 0 Å². The van der Waals surface area contributed by atoms with Crippen LogP contribution in [0.25, 0.3) is 0 Å². The lowest BCUT2D eigenvalue weighted by atomic mass is 10.2. The van der Waals surface area contributed by atoms with E-state index >= 15 is 0 Å². The van der Waals surface area contributed by atoms with E-state index in [9.17, 15) is 0 Å². The van der Waals surface area contributed by atoms with E-state index in [-0.39, 0.29) is 0 Å². The second-order valence-corrected chi connectivity index (χ2v) is 5.06. The lowest BCUT2D eigenvalue weighted by molar-refractivity contribution is 0.407. The smallest absolute Gasteiger partial charge is 0.124 e. The highest BCUT2D eigenvalue weighted by molar-refractivity contribution is 9.10. The molecule has 2 aromatic rings. The van der Waals surface area contributed by atoms with Gasteiger partial charge in [0.05, 0.1) is 25.5 Å². The minimum Gasteiger partial charge on any atom is -0.496 e. The fourth-order valence-electron chi connectivity index (χ4n) is 1.80. The number of benzene rings is 1. The lowest BCUT2D eigenvalue weighted by Crippen LogP contribution is -2.11. The molecule has 2 rings (SSSR count). The van der Waals surface area contributed by atoms with Gasteiger partial charge in [-0.2, -0.15) is 0 Å². The molecule has 0 unspecified atom stereocenters. The van der Waals surface area contributed by atoms with Gasteiger partial charge in [-0.05, 0) is 24.7 Å². The molecule has 0 fully saturated rings. The number of rotatable bonds is 6. The van der Waals surface area contributed by atoms with E-state index in [1.807, 2.05) is 29.1 Å². The van der Waals surface area contributed by atoms with Gasteiger partial charge in [-0.3, -0.25) is 0 Å². The Kier molecular flexibility index (Phi) is 4.93. The summed E-state index contributed by atoms with van der Waals surface area (Å²) in [5.74, 6) is 0.854. The van der Waals surface area contributed by atoms with E-state index in [1.54, 1.807) is 7.11 Å². The third-order valence-corrected chi connectivity index (χ3v) is 3.21. The number of halogens is 1. The maximum absolute atomic E-state index is 5.35. The van der Waals surface area contributed by atoms with Gasteiger partial charge >= 0.3 is 0 Å². The second kappa shape index (κ2) is 6.68. The van der Waals surface area contributed by atoms with E-state index in [4.69, 9.17) is 4.74 Å². The molecule has 6 heteroatoms. The molecule has 19 heavy (non-hydrogen) atoms. The summed E-state index contributed by atoms with van der Waals surface area (Å²) < 4.78 is 8.19. The van der Waals surface area contributed by atoms with Crippen molar-refractivity contribution in [1.29, 1.82) is 0 Å². The Labute approximate surface area is 121 Å². The van der Waals surface area contributed by atoms with Crippen molar-refractivity contribution in [3.8, 4) is 5.75 Å².